The van der Waals surface area contributed by atoms with Crippen molar-refractivity contribution in [2.45, 2.75) is 37.3 Å². The molecule has 1 aliphatic heterocycles. The van der Waals surface area contributed by atoms with Crippen LogP contribution in [0.15, 0.2) is 23.1 Å². The van der Waals surface area contributed by atoms with Crippen LogP contribution in [-0.4, -0.2) is 51.7 Å². The Kier molecular flexibility index (Phi) is 4.70. The average molecular weight is 329 g/mol. The molecule has 0 amide bonds. The summed E-state index contributed by atoms with van der Waals surface area (Å²) in [5.74, 6) is 0.888. The average Bonchev–Trinajstić information content (AvgIpc) is 2.48. The molecule has 124 valence electrons. The van der Waals surface area contributed by atoms with Crippen molar-refractivity contribution in [3.8, 4) is 11.5 Å². The normalized spacial score (nSPS) is 22.3. The largest absolute Gasteiger partial charge is 0.493 e. The third-order valence-electron chi connectivity index (χ3n) is 3.76. The summed E-state index contributed by atoms with van der Waals surface area (Å²) in [5, 5.41) is 0. The Balaban J connectivity index is 2.45. The lowest BCUT2D eigenvalue weighted by Crippen LogP contribution is -2.57. The first kappa shape index (κ1) is 17.1. The smallest absolute Gasteiger partial charge is 0.243 e. The fourth-order valence-corrected chi connectivity index (χ4v) is 4.34. The van der Waals surface area contributed by atoms with E-state index in [0.29, 0.717) is 24.7 Å². The number of morpholine rings is 1. The highest BCUT2D eigenvalue weighted by Gasteiger charge is 2.42. The van der Waals surface area contributed by atoms with Gasteiger partial charge in [0.05, 0.1) is 37.4 Å². The predicted molar refractivity (Wildman–Crippen MR) is 82.9 cm³/mol. The van der Waals surface area contributed by atoms with Crippen molar-refractivity contribution in [2.24, 2.45) is 0 Å². The van der Waals surface area contributed by atoms with Gasteiger partial charge in [-0.15, -0.1) is 0 Å². The van der Waals surface area contributed by atoms with Crippen LogP contribution in [0.25, 0.3) is 0 Å². The molecule has 1 unspecified atom stereocenters. The van der Waals surface area contributed by atoms with E-state index in [2.05, 4.69) is 0 Å². The van der Waals surface area contributed by atoms with Crippen LogP contribution in [-0.2, 0) is 14.8 Å². The maximum absolute atomic E-state index is 13.0. The van der Waals surface area contributed by atoms with Gasteiger partial charge in [0.1, 0.15) is 0 Å². The molecule has 0 aromatic heterocycles. The van der Waals surface area contributed by atoms with Gasteiger partial charge in [0, 0.05) is 12.6 Å². The quantitative estimate of drug-likeness (QED) is 0.844. The summed E-state index contributed by atoms with van der Waals surface area (Å²) < 4.78 is 43.4. The van der Waals surface area contributed by atoms with E-state index < -0.39 is 15.6 Å². The first-order valence-electron chi connectivity index (χ1n) is 7.09. The lowest BCUT2D eigenvalue weighted by atomic mass is 10.1. The maximum Gasteiger partial charge on any atom is 0.243 e. The molecular weight excluding hydrogens is 306 g/mol. The molecule has 6 nitrogen and oxygen atoms in total. The van der Waals surface area contributed by atoms with Gasteiger partial charge in [0.2, 0.25) is 10.0 Å². The van der Waals surface area contributed by atoms with Crippen molar-refractivity contribution in [3.05, 3.63) is 18.2 Å². The summed E-state index contributed by atoms with van der Waals surface area (Å²) in [5.41, 5.74) is -0.599. The molecule has 0 bridgehead atoms. The fourth-order valence-electron chi connectivity index (χ4n) is 2.48. The number of hydrogen-bond acceptors (Lipinski definition) is 5. The summed E-state index contributed by atoms with van der Waals surface area (Å²) in [6, 6.07) is 4.62. The molecule has 7 heteroatoms. The van der Waals surface area contributed by atoms with Crippen molar-refractivity contribution >= 4 is 10.0 Å². The van der Waals surface area contributed by atoms with Crippen LogP contribution in [0.5, 0.6) is 11.5 Å². The molecule has 0 spiro atoms. The van der Waals surface area contributed by atoms with E-state index in [4.69, 9.17) is 14.2 Å². The van der Waals surface area contributed by atoms with Crippen LogP contribution in [0.2, 0.25) is 0 Å². The summed E-state index contributed by atoms with van der Waals surface area (Å²) in [4.78, 5) is 0.187. The molecule has 1 atom stereocenters. The van der Waals surface area contributed by atoms with Crippen molar-refractivity contribution in [2.75, 3.05) is 27.4 Å². The topological polar surface area (TPSA) is 65.1 Å². The first-order chi connectivity index (χ1) is 10.2. The van der Waals surface area contributed by atoms with Crippen LogP contribution in [0.3, 0.4) is 0 Å². The van der Waals surface area contributed by atoms with Crippen LogP contribution in [0.1, 0.15) is 20.8 Å². The van der Waals surface area contributed by atoms with Crippen LogP contribution in [0.4, 0.5) is 0 Å². The lowest BCUT2D eigenvalue weighted by Gasteiger charge is -2.43. The van der Waals surface area contributed by atoms with Crippen LogP contribution >= 0.6 is 0 Å². The molecule has 1 aliphatic rings. The number of ether oxygens (including phenoxy) is 3. The van der Waals surface area contributed by atoms with Gasteiger partial charge >= 0.3 is 0 Å². The summed E-state index contributed by atoms with van der Waals surface area (Å²) >= 11 is 0. The fraction of sp³-hybridized carbons (Fsp3) is 0.600. The second-order valence-electron chi connectivity index (χ2n) is 5.99. The van der Waals surface area contributed by atoms with E-state index >= 15 is 0 Å². The minimum atomic E-state index is -3.64. The van der Waals surface area contributed by atoms with Crippen molar-refractivity contribution in [3.63, 3.8) is 0 Å². The minimum Gasteiger partial charge on any atom is -0.493 e. The highest BCUT2D eigenvalue weighted by atomic mass is 32.2. The molecule has 1 fully saturated rings. The first-order valence-corrected chi connectivity index (χ1v) is 8.53. The van der Waals surface area contributed by atoms with Gasteiger partial charge < -0.3 is 14.2 Å². The Morgan fingerprint density at radius 3 is 2.45 bits per heavy atom. The maximum atomic E-state index is 13.0. The number of methoxy groups -OCH3 is 2. The number of hydrogen-bond donors (Lipinski definition) is 0. The third-order valence-corrected chi connectivity index (χ3v) is 5.84. The van der Waals surface area contributed by atoms with Crippen LogP contribution < -0.4 is 9.47 Å². The molecule has 0 saturated carbocycles. The Morgan fingerprint density at radius 2 is 1.86 bits per heavy atom. The van der Waals surface area contributed by atoms with E-state index in [-0.39, 0.29) is 11.0 Å². The van der Waals surface area contributed by atoms with Gasteiger partial charge in [-0.25, -0.2) is 8.42 Å². The van der Waals surface area contributed by atoms with E-state index in [1.807, 2.05) is 20.8 Å². The Morgan fingerprint density at radius 1 is 1.23 bits per heavy atom. The van der Waals surface area contributed by atoms with Crippen molar-refractivity contribution in [1.29, 1.82) is 0 Å². The molecule has 2 rings (SSSR count). The zero-order valence-corrected chi connectivity index (χ0v) is 14.4. The number of rotatable bonds is 4. The molecule has 1 heterocycles. The molecule has 0 N–H and O–H groups in total. The third kappa shape index (κ3) is 3.06. The van der Waals surface area contributed by atoms with Gasteiger partial charge in [-0.05, 0) is 32.9 Å². The molecular formula is C15H23NO5S. The molecule has 1 aromatic carbocycles. The number of nitrogens with zero attached hydrogens (tertiary/aromatic N) is 1. The van der Waals surface area contributed by atoms with Crippen LogP contribution in [0, 0.1) is 0 Å². The zero-order chi connectivity index (χ0) is 16.5. The Bertz CT molecular complexity index is 641. The molecule has 0 aliphatic carbocycles. The number of sulfonamides is 1. The van der Waals surface area contributed by atoms with Crippen molar-refractivity contribution in [1.82, 2.24) is 4.31 Å². The van der Waals surface area contributed by atoms with E-state index in [0.717, 1.165) is 0 Å². The minimum absolute atomic E-state index is 0.136. The molecule has 22 heavy (non-hydrogen) atoms. The SMILES string of the molecule is COc1ccc(S(=O)(=O)N2CC(C)OCC2(C)C)cc1OC. The Labute approximate surface area is 132 Å². The van der Waals surface area contributed by atoms with Gasteiger partial charge in [0.25, 0.3) is 0 Å². The Hall–Kier alpha value is -1.31. The second-order valence-corrected chi connectivity index (χ2v) is 7.85. The van der Waals surface area contributed by atoms with Crippen molar-refractivity contribution < 1.29 is 22.6 Å². The van der Waals surface area contributed by atoms with Gasteiger partial charge in [-0.3, -0.25) is 0 Å². The summed E-state index contributed by atoms with van der Waals surface area (Å²) in [7, 11) is -0.649. The lowest BCUT2D eigenvalue weighted by molar-refractivity contribution is -0.0551. The number of benzene rings is 1. The molecule has 1 aromatic rings. The predicted octanol–water partition coefficient (Wildman–Crippen LogP) is 1.89. The molecule has 0 radical (unpaired) electrons. The van der Waals surface area contributed by atoms with Gasteiger partial charge in [-0.1, -0.05) is 0 Å². The summed E-state index contributed by atoms with van der Waals surface area (Å²) in [6.07, 6.45) is -0.136. The molecule has 1 saturated heterocycles. The van der Waals surface area contributed by atoms with Gasteiger partial charge in [0.15, 0.2) is 11.5 Å². The zero-order valence-electron chi connectivity index (χ0n) is 13.6. The highest BCUT2D eigenvalue weighted by molar-refractivity contribution is 7.89. The van der Waals surface area contributed by atoms with Gasteiger partial charge in [-0.2, -0.15) is 4.31 Å². The van der Waals surface area contributed by atoms with E-state index in [9.17, 15) is 8.42 Å². The highest BCUT2D eigenvalue weighted by Crippen LogP contribution is 2.34. The van der Waals surface area contributed by atoms with E-state index in [1.54, 1.807) is 6.07 Å². The summed E-state index contributed by atoms with van der Waals surface area (Å²) in [6.45, 7) is 6.27. The second kappa shape index (κ2) is 6.06. The van der Waals surface area contributed by atoms with E-state index in [1.165, 1.54) is 30.7 Å². The monoisotopic (exact) mass is 329 g/mol. The standard InChI is InChI=1S/C15H23NO5S/c1-11-9-16(15(2,3)10-21-11)22(17,18)12-6-7-13(19-4)14(8-12)20-5/h6-8,11H,9-10H2,1-5H3.